The van der Waals surface area contributed by atoms with Gasteiger partial charge < -0.3 is 9.30 Å². The van der Waals surface area contributed by atoms with Gasteiger partial charge in [-0.2, -0.15) is 0 Å². The van der Waals surface area contributed by atoms with Crippen LogP contribution in [0.5, 0.6) is 0 Å². The van der Waals surface area contributed by atoms with Gasteiger partial charge in [-0.3, -0.25) is 4.79 Å². The highest BCUT2D eigenvalue weighted by Crippen LogP contribution is 2.32. The van der Waals surface area contributed by atoms with Crippen molar-refractivity contribution in [1.82, 2.24) is 9.55 Å². The lowest BCUT2D eigenvalue weighted by atomic mass is 10.1. The van der Waals surface area contributed by atoms with Crippen LogP contribution < -0.4 is 0 Å². The Labute approximate surface area is 150 Å². The maximum absolute atomic E-state index is 12.0. The van der Waals surface area contributed by atoms with E-state index in [1.54, 1.807) is 13.8 Å². The number of aryl methyl sites for hydroxylation is 1. The molecule has 3 rings (SSSR count). The number of carbonyl (C=O) groups excluding carboxylic acids is 2. The molecule has 0 spiro atoms. The van der Waals surface area contributed by atoms with Gasteiger partial charge in [0, 0.05) is 34.3 Å². The summed E-state index contributed by atoms with van der Waals surface area (Å²) in [6.45, 7) is 8.08. The molecule has 0 saturated heterocycles. The largest absolute Gasteiger partial charge is 0.462 e. The fraction of sp³-hybridized carbons (Fsp3) is 0.316. The molecule has 130 valence electrons. The van der Waals surface area contributed by atoms with Gasteiger partial charge in [0.1, 0.15) is 9.88 Å². The van der Waals surface area contributed by atoms with Crippen LogP contribution in [-0.2, 0) is 4.74 Å². The lowest BCUT2D eigenvalue weighted by Gasteiger charge is -2.09. The summed E-state index contributed by atoms with van der Waals surface area (Å²) in [6.07, 6.45) is 2.76. The molecule has 0 radical (unpaired) electrons. The van der Waals surface area contributed by atoms with Crippen LogP contribution in [0, 0.1) is 6.92 Å². The molecule has 0 N–H and O–H groups in total. The summed E-state index contributed by atoms with van der Waals surface area (Å²) in [6, 6.07) is 6.20. The van der Waals surface area contributed by atoms with Gasteiger partial charge in [-0.05, 0) is 45.9 Å². The number of benzene rings is 1. The Morgan fingerprint density at radius 3 is 2.80 bits per heavy atom. The molecule has 0 aliphatic carbocycles. The summed E-state index contributed by atoms with van der Waals surface area (Å²) in [5.74, 6) is -0.343. The highest BCUT2D eigenvalue weighted by molar-refractivity contribution is 7.17. The van der Waals surface area contributed by atoms with E-state index in [0.29, 0.717) is 22.7 Å². The number of aldehydes is 1. The van der Waals surface area contributed by atoms with Crippen molar-refractivity contribution in [2.45, 2.75) is 33.7 Å². The van der Waals surface area contributed by atoms with Crippen molar-refractivity contribution < 1.29 is 14.3 Å². The average Bonchev–Trinajstić information content (AvgIpc) is 3.15. The second kappa shape index (κ2) is 6.80. The Morgan fingerprint density at radius 2 is 2.16 bits per heavy atom. The highest BCUT2D eigenvalue weighted by Gasteiger charge is 2.18. The molecular weight excluding hydrogens is 336 g/mol. The predicted molar refractivity (Wildman–Crippen MR) is 99.5 cm³/mol. The van der Waals surface area contributed by atoms with Gasteiger partial charge in [0.05, 0.1) is 12.3 Å². The molecule has 0 saturated carbocycles. The maximum Gasteiger partial charge on any atom is 0.350 e. The van der Waals surface area contributed by atoms with Gasteiger partial charge in [-0.15, -0.1) is 11.3 Å². The van der Waals surface area contributed by atoms with Gasteiger partial charge in [0.25, 0.3) is 0 Å². The van der Waals surface area contributed by atoms with Crippen LogP contribution in [0.3, 0.4) is 0 Å². The molecule has 3 aromatic rings. The van der Waals surface area contributed by atoms with Crippen LogP contribution in [0.25, 0.3) is 21.5 Å². The van der Waals surface area contributed by atoms with E-state index in [4.69, 9.17) is 4.74 Å². The van der Waals surface area contributed by atoms with Crippen LogP contribution in [0.15, 0.2) is 24.4 Å². The fourth-order valence-corrected chi connectivity index (χ4v) is 3.80. The molecule has 0 amide bonds. The van der Waals surface area contributed by atoms with Crippen LogP contribution in [0.2, 0.25) is 0 Å². The van der Waals surface area contributed by atoms with Crippen molar-refractivity contribution in [3.63, 3.8) is 0 Å². The average molecular weight is 356 g/mol. The lowest BCUT2D eigenvalue weighted by Crippen LogP contribution is -2.03. The molecule has 5 nitrogen and oxygen atoms in total. The third-order valence-corrected chi connectivity index (χ3v) is 5.24. The zero-order valence-corrected chi connectivity index (χ0v) is 15.5. The minimum absolute atomic E-state index is 0.263. The van der Waals surface area contributed by atoms with Gasteiger partial charge in [0.15, 0.2) is 6.29 Å². The van der Waals surface area contributed by atoms with E-state index in [1.165, 1.54) is 11.3 Å². The Bertz CT molecular complexity index is 953. The third-order valence-electron chi connectivity index (χ3n) is 4.05. The Morgan fingerprint density at radius 1 is 1.40 bits per heavy atom. The molecule has 2 heterocycles. The SMILES string of the molecule is CCOC(=O)c1sc(-c2ccc3c(c2)c(C=O)cn3C(C)C)nc1C. The summed E-state index contributed by atoms with van der Waals surface area (Å²) in [5.41, 5.74) is 3.22. The topological polar surface area (TPSA) is 61.2 Å². The fourth-order valence-electron chi connectivity index (χ4n) is 2.84. The van der Waals surface area contributed by atoms with E-state index in [0.717, 1.165) is 27.8 Å². The van der Waals surface area contributed by atoms with Gasteiger partial charge in [-0.25, -0.2) is 9.78 Å². The van der Waals surface area contributed by atoms with E-state index < -0.39 is 0 Å². The zero-order valence-electron chi connectivity index (χ0n) is 14.7. The first-order valence-electron chi connectivity index (χ1n) is 8.21. The molecule has 0 fully saturated rings. The minimum atomic E-state index is -0.343. The molecule has 2 aromatic heterocycles. The smallest absolute Gasteiger partial charge is 0.350 e. The molecule has 0 atom stereocenters. The van der Waals surface area contributed by atoms with E-state index in [1.807, 2.05) is 24.4 Å². The van der Waals surface area contributed by atoms with E-state index in [-0.39, 0.29) is 12.0 Å². The predicted octanol–water partition coefficient (Wildman–Crippen LogP) is 4.64. The van der Waals surface area contributed by atoms with Crippen molar-refractivity contribution in [3.8, 4) is 10.6 Å². The standard InChI is InChI=1S/C19H20N2O3S/c1-5-24-19(23)17-12(4)20-18(25-17)13-6-7-16-15(8-13)14(10-22)9-21(16)11(2)3/h6-11H,5H2,1-4H3. The number of carbonyl (C=O) groups is 2. The first-order valence-corrected chi connectivity index (χ1v) is 9.02. The third kappa shape index (κ3) is 3.09. The number of fused-ring (bicyclic) bond motifs is 1. The summed E-state index contributed by atoms with van der Waals surface area (Å²) in [5, 5.41) is 1.64. The number of aromatic nitrogens is 2. The van der Waals surface area contributed by atoms with Crippen molar-refractivity contribution in [3.05, 3.63) is 40.5 Å². The Kier molecular flexibility index (Phi) is 4.72. The van der Waals surface area contributed by atoms with Crippen molar-refractivity contribution in [2.75, 3.05) is 6.61 Å². The molecule has 0 aliphatic heterocycles. The number of rotatable bonds is 5. The van der Waals surface area contributed by atoms with Crippen molar-refractivity contribution in [1.29, 1.82) is 0 Å². The number of esters is 1. The zero-order chi connectivity index (χ0) is 18.1. The normalized spacial score (nSPS) is 11.2. The lowest BCUT2D eigenvalue weighted by molar-refractivity contribution is 0.0531. The highest BCUT2D eigenvalue weighted by atomic mass is 32.1. The summed E-state index contributed by atoms with van der Waals surface area (Å²) < 4.78 is 7.16. The first-order chi connectivity index (χ1) is 12.0. The number of ether oxygens (including phenoxy) is 1. The van der Waals surface area contributed by atoms with Gasteiger partial charge >= 0.3 is 5.97 Å². The number of hydrogen-bond donors (Lipinski definition) is 0. The number of thiazole rings is 1. The molecule has 0 aliphatic rings. The molecule has 25 heavy (non-hydrogen) atoms. The number of nitrogens with zero attached hydrogens (tertiary/aromatic N) is 2. The van der Waals surface area contributed by atoms with Gasteiger partial charge in [0.2, 0.25) is 0 Å². The first kappa shape index (κ1) is 17.4. The summed E-state index contributed by atoms with van der Waals surface area (Å²) >= 11 is 1.31. The summed E-state index contributed by atoms with van der Waals surface area (Å²) in [4.78, 5) is 28.5. The monoisotopic (exact) mass is 356 g/mol. The minimum Gasteiger partial charge on any atom is -0.462 e. The number of hydrogen-bond acceptors (Lipinski definition) is 5. The van der Waals surface area contributed by atoms with E-state index in [9.17, 15) is 9.59 Å². The van der Waals surface area contributed by atoms with E-state index in [2.05, 4.69) is 23.4 Å². The second-order valence-corrected chi connectivity index (χ2v) is 7.09. The second-order valence-electron chi connectivity index (χ2n) is 6.09. The van der Waals surface area contributed by atoms with Crippen LogP contribution >= 0.6 is 11.3 Å². The van der Waals surface area contributed by atoms with Crippen LogP contribution in [-0.4, -0.2) is 28.4 Å². The molecular formula is C19H20N2O3S. The Balaban J connectivity index is 2.10. The van der Waals surface area contributed by atoms with Crippen molar-refractivity contribution in [2.24, 2.45) is 0 Å². The quantitative estimate of drug-likeness (QED) is 0.493. The Hall–Kier alpha value is -2.47. The van der Waals surface area contributed by atoms with Crippen LogP contribution in [0.4, 0.5) is 0 Å². The molecule has 6 heteroatoms. The van der Waals surface area contributed by atoms with Crippen molar-refractivity contribution >= 4 is 34.5 Å². The van der Waals surface area contributed by atoms with Crippen LogP contribution in [0.1, 0.15) is 52.5 Å². The molecule has 1 aromatic carbocycles. The van der Waals surface area contributed by atoms with E-state index >= 15 is 0 Å². The summed E-state index contributed by atoms with van der Waals surface area (Å²) in [7, 11) is 0. The molecule has 0 unspecified atom stereocenters. The maximum atomic E-state index is 12.0. The molecule has 0 bridgehead atoms. The van der Waals surface area contributed by atoms with Gasteiger partial charge in [-0.1, -0.05) is 0 Å².